The number of carbonyl (C=O) groups excluding carboxylic acids is 1. The van der Waals surface area contributed by atoms with Crippen molar-refractivity contribution in [3.8, 4) is 22.8 Å². The summed E-state index contributed by atoms with van der Waals surface area (Å²) in [5.74, 6) is 1.42. The Labute approximate surface area is 257 Å². The Balaban J connectivity index is 1.05. The van der Waals surface area contributed by atoms with Crippen LogP contribution in [0.5, 0.6) is 5.75 Å². The van der Waals surface area contributed by atoms with Crippen LogP contribution in [0.4, 0.5) is 23.7 Å². The summed E-state index contributed by atoms with van der Waals surface area (Å²) in [5.41, 5.74) is 4.93. The molecule has 2 amide bonds. The summed E-state index contributed by atoms with van der Waals surface area (Å²) < 4.78 is 42.7. The Bertz CT molecular complexity index is 1640. The number of ether oxygens (including phenoxy) is 1. The number of urea groups is 1. The van der Waals surface area contributed by atoms with Gasteiger partial charge in [0.05, 0.1) is 5.69 Å². The first-order chi connectivity index (χ1) is 21.3. The molecular weight excluding hydrogens is 589 g/mol. The van der Waals surface area contributed by atoms with E-state index in [1.165, 1.54) is 46.4 Å². The molecule has 8 nitrogen and oxygen atoms in total. The van der Waals surface area contributed by atoms with Crippen molar-refractivity contribution in [2.75, 3.05) is 17.2 Å². The molecule has 1 N–H and O–H groups in total. The van der Waals surface area contributed by atoms with Crippen molar-refractivity contribution in [3.63, 3.8) is 0 Å². The maximum atomic E-state index is 12.9. The molecule has 1 aliphatic heterocycles. The van der Waals surface area contributed by atoms with Crippen molar-refractivity contribution in [1.29, 1.82) is 0 Å². The lowest BCUT2D eigenvalue weighted by Gasteiger charge is -2.21. The zero-order valence-electron chi connectivity index (χ0n) is 24.0. The number of rotatable bonds is 7. The average Bonchev–Trinajstić information content (AvgIpc) is 3.79. The van der Waals surface area contributed by atoms with Gasteiger partial charge >= 0.3 is 12.4 Å². The van der Waals surface area contributed by atoms with Crippen LogP contribution >= 0.6 is 11.8 Å². The molecule has 2 atom stereocenters. The molecule has 12 heteroatoms. The Morgan fingerprint density at radius 3 is 2.59 bits per heavy atom. The highest BCUT2D eigenvalue weighted by Crippen LogP contribution is 2.35. The van der Waals surface area contributed by atoms with Crippen LogP contribution in [-0.4, -0.2) is 50.7 Å². The minimum Gasteiger partial charge on any atom is -0.406 e. The van der Waals surface area contributed by atoms with Crippen LogP contribution in [0.15, 0.2) is 84.1 Å². The lowest BCUT2D eigenvalue weighted by molar-refractivity contribution is -0.274. The highest BCUT2D eigenvalue weighted by atomic mass is 32.2. The largest absolute Gasteiger partial charge is 0.573 e. The first kappa shape index (κ1) is 29.7. The zero-order valence-corrected chi connectivity index (χ0v) is 24.8. The summed E-state index contributed by atoms with van der Waals surface area (Å²) in [4.78, 5) is 23.9. The minimum atomic E-state index is -4.74. The lowest BCUT2D eigenvalue weighted by Crippen LogP contribution is -2.33. The molecule has 0 bridgehead atoms. The summed E-state index contributed by atoms with van der Waals surface area (Å²) in [7, 11) is 0. The number of alkyl halides is 3. The van der Waals surface area contributed by atoms with E-state index < -0.39 is 6.36 Å². The van der Waals surface area contributed by atoms with Gasteiger partial charge in [-0.1, -0.05) is 61.2 Å². The molecule has 1 aliphatic carbocycles. The quantitative estimate of drug-likeness (QED) is 0.233. The lowest BCUT2D eigenvalue weighted by atomic mass is 9.96. The summed E-state index contributed by atoms with van der Waals surface area (Å²) in [6.45, 7) is 2.96. The number of amidine groups is 1. The van der Waals surface area contributed by atoms with Crippen molar-refractivity contribution in [2.24, 2.45) is 4.99 Å². The number of benzene rings is 3. The summed E-state index contributed by atoms with van der Waals surface area (Å²) in [6.07, 6.45) is 0.385. The van der Waals surface area contributed by atoms with Gasteiger partial charge in [0, 0.05) is 29.6 Å². The molecule has 0 spiro atoms. The van der Waals surface area contributed by atoms with Crippen LogP contribution in [0.1, 0.15) is 43.2 Å². The Kier molecular flexibility index (Phi) is 8.60. The van der Waals surface area contributed by atoms with Crippen molar-refractivity contribution in [3.05, 3.63) is 90.3 Å². The van der Waals surface area contributed by atoms with Gasteiger partial charge in [-0.05, 0) is 73.1 Å². The van der Waals surface area contributed by atoms with E-state index in [0.29, 0.717) is 17.4 Å². The number of hydrogen-bond donors (Lipinski definition) is 1. The molecular formula is C32H31F3N6O2S. The molecule has 2 fully saturated rings. The number of hydrogen-bond acceptors (Lipinski definition) is 5. The Morgan fingerprint density at radius 1 is 1.07 bits per heavy atom. The molecule has 44 heavy (non-hydrogen) atoms. The van der Waals surface area contributed by atoms with Crippen molar-refractivity contribution in [1.82, 2.24) is 20.1 Å². The van der Waals surface area contributed by atoms with E-state index in [9.17, 15) is 18.0 Å². The maximum Gasteiger partial charge on any atom is 0.573 e. The number of aromatic nitrogens is 3. The first-order valence-electron chi connectivity index (χ1n) is 14.5. The summed E-state index contributed by atoms with van der Waals surface area (Å²) in [5, 5.41) is 8.35. The van der Waals surface area contributed by atoms with Gasteiger partial charge < -0.3 is 15.0 Å². The fourth-order valence-electron chi connectivity index (χ4n) is 5.72. The number of thioether (sulfide) groups is 1. The predicted octanol–water partition coefficient (Wildman–Crippen LogP) is 7.35. The third-order valence-electron chi connectivity index (χ3n) is 7.86. The second kappa shape index (κ2) is 12.7. The first-order valence-corrected chi connectivity index (χ1v) is 15.5. The van der Waals surface area contributed by atoms with E-state index in [2.05, 4.69) is 61.2 Å². The van der Waals surface area contributed by atoms with Gasteiger partial charge in [0.15, 0.2) is 11.0 Å². The highest BCUT2D eigenvalue weighted by Gasteiger charge is 2.31. The van der Waals surface area contributed by atoms with Gasteiger partial charge in [-0.2, -0.15) is 4.99 Å². The van der Waals surface area contributed by atoms with E-state index >= 15 is 0 Å². The van der Waals surface area contributed by atoms with Gasteiger partial charge in [0.1, 0.15) is 12.1 Å². The smallest absolute Gasteiger partial charge is 0.406 e. The zero-order chi connectivity index (χ0) is 30.7. The number of aliphatic imine (C=N–C) groups is 1. The second-order valence-corrected chi connectivity index (χ2v) is 11.8. The van der Waals surface area contributed by atoms with Crippen LogP contribution in [0, 0.1) is 0 Å². The Morgan fingerprint density at radius 2 is 1.84 bits per heavy atom. The number of aryl methyl sites for hydroxylation is 1. The normalized spacial score (nSPS) is 19.5. The van der Waals surface area contributed by atoms with Crippen LogP contribution in [0.25, 0.3) is 17.1 Å². The summed E-state index contributed by atoms with van der Waals surface area (Å²) in [6, 6.07) is 21.5. The number of carbonyl (C=O) groups is 1. The number of nitrogens with zero attached hydrogens (tertiary/aromatic N) is 5. The third-order valence-corrected chi connectivity index (χ3v) is 8.82. The van der Waals surface area contributed by atoms with Gasteiger partial charge in [-0.25, -0.2) is 14.5 Å². The van der Waals surface area contributed by atoms with Crippen LogP contribution in [0.2, 0.25) is 0 Å². The molecule has 2 aliphatic rings. The Hall–Kier alpha value is -4.32. The maximum absolute atomic E-state index is 12.9. The monoisotopic (exact) mass is 620 g/mol. The van der Waals surface area contributed by atoms with Crippen LogP contribution in [-0.2, 0) is 6.42 Å². The van der Waals surface area contributed by atoms with Gasteiger partial charge in [-0.15, -0.1) is 18.3 Å². The SMILES string of the molecule is CCc1ccccc1N1CCSC1=NC(=O)NC1CCC(c2ccc(-c3ncn(-c4ccc(OC(F)(F)F)cc4)n3)cc2)C1. The van der Waals surface area contributed by atoms with Crippen molar-refractivity contribution < 1.29 is 22.7 Å². The number of para-hydroxylation sites is 1. The van der Waals surface area contributed by atoms with E-state index in [0.717, 1.165) is 54.4 Å². The molecule has 1 aromatic heterocycles. The number of anilines is 1. The fraction of sp³-hybridized carbons (Fsp3) is 0.312. The standard InChI is InChI=1S/C32H31F3N6O2S/c1-2-21-5-3-4-6-28(21)40-17-18-44-31(40)38-30(42)37-25-12-11-24(19-25)22-7-9-23(10-8-22)29-36-20-41(39-29)26-13-15-27(16-14-26)43-32(33,34)35/h3-10,13-16,20,24-25H,2,11-12,17-19H2,1H3,(H,37,42). The molecule has 228 valence electrons. The number of amides is 2. The minimum absolute atomic E-state index is 0.0598. The topological polar surface area (TPSA) is 84.6 Å². The van der Waals surface area contributed by atoms with E-state index in [1.807, 2.05) is 24.3 Å². The third kappa shape index (κ3) is 6.91. The number of nitrogens with one attached hydrogen (secondary N) is 1. The molecule has 6 rings (SSSR count). The molecule has 3 aromatic carbocycles. The summed E-state index contributed by atoms with van der Waals surface area (Å²) >= 11 is 1.61. The molecule has 4 aromatic rings. The van der Waals surface area contributed by atoms with Crippen molar-refractivity contribution >= 4 is 28.6 Å². The fourth-order valence-corrected chi connectivity index (χ4v) is 6.67. The molecule has 1 saturated heterocycles. The van der Waals surface area contributed by atoms with E-state index in [-0.39, 0.29) is 17.8 Å². The van der Waals surface area contributed by atoms with E-state index in [4.69, 9.17) is 0 Å². The van der Waals surface area contributed by atoms with Crippen LogP contribution < -0.4 is 15.0 Å². The predicted molar refractivity (Wildman–Crippen MR) is 165 cm³/mol. The molecule has 2 unspecified atom stereocenters. The van der Waals surface area contributed by atoms with E-state index in [1.54, 1.807) is 11.8 Å². The average molecular weight is 621 g/mol. The second-order valence-electron chi connectivity index (χ2n) is 10.7. The van der Waals surface area contributed by atoms with Crippen LogP contribution in [0.3, 0.4) is 0 Å². The molecule has 0 radical (unpaired) electrons. The van der Waals surface area contributed by atoms with Crippen molar-refractivity contribution in [2.45, 2.75) is 50.9 Å². The van der Waals surface area contributed by atoms with Gasteiger partial charge in [-0.3, -0.25) is 0 Å². The van der Waals surface area contributed by atoms with Gasteiger partial charge in [0.25, 0.3) is 0 Å². The number of halogens is 3. The molecule has 2 heterocycles. The van der Waals surface area contributed by atoms with Gasteiger partial charge in [0.2, 0.25) is 0 Å². The molecule has 1 saturated carbocycles. The highest BCUT2D eigenvalue weighted by molar-refractivity contribution is 8.14.